The summed E-state index contributed by atoms with van der Waals surface area (Å²) in [5.41, 5.74) is 5.22. The summed E-state index contributed by atoms with van der Waals surface area (Å²) in [6.07, 6.45) is 1.96. The fraction of sp³-hybridized carbons (Fsp3) is 0.182. The van der Waals surface area contributed by atoms with Crippen LogP contribution in [0, 0.1) is 6.92 Å². The number of amidine groups is 1. The molecule has 0 aliphatic carbocycles. The maximum Gasteiger partial charge on any atom is 0.151 e. The number of hydroxylamine groups is 1. The lowest BCUT2D eigenvalue weighted by atomic mass is 10.1. The highest BCUT2D eigenvalue weighted by Gasteiger charge is 2.04. The molecule has 0 bridgehead atoms. The summed E-state index contributed by atoms with van der Waals surface area (Å²) in [4.78, 5) is 7.11. The topological polar surface area (TPSA) is 60.4 Å². The molecule has 0 atom stereocenters. The minimum atomic E-state index is 0.470. The number of aliphatic imine (C=N–C) groups is 1. The second-order valence-electron chi connectivity index (χ2n) is 3.42. The first-order valence-corrected chi connectivity index (χ1v) is 4.71. The Morgan fingerprint density at radius 3 is 2.93 bits per heavy atom. The van der Waals surface area contributed by atoms with Gasteiger partial charge in [-0.15, -0.1) is 0 Å². The zero-order chi connectivity index (χ0) is 10.8. The number of aryl methyl sites for hydroxylation is 1. The molecule has 0 aliphatic heterocycles. The summed E-state index contributed by atoms with van der Waals surface area (Å²) >= 11 is 0. The Bertz CT molecular complexity index is 514. The number of benzene rings is 1. The molecule has 3 N–H and O–H groups in total. The molecule has 0 fully saturated rings. The molecule has 0 saturated carbocycles. The molecule has 1 aromatic carbocycles. The van der Waals surface area contributed by atoms with Crippen LogP contribution in [0.1, 0.15) is 11.1 Å². The maximum absolute atomic E-state index is 8.88. The SMILES string of the molecule is CN=C(NO)c1ccc2[nH]cc(C)c2c1. The molecular weight excluding hydrogens is 190 g/mol. The van der Waals surface area contributed by atoms with Gasteiger partial charge in [-0.05, 0) is 30.7 Å². The van der Waals surface area contributed by atoms with Crippen molar-refractivity contribution in [3.63, 3.8) is 0 Å². The number of nitrogens with one attached hydrogen (secondary N) is 2. The van der Waals surface area contributed by atoms with Gasteiger partial charge in [0.25, 0.3) is 0 Å². The van der Waals surface area contributed by atoms with E-state index in [0.717, 1.165) is 16.5 Å². The van der Waals surface area contributed by atoms with Gasteiger partial charge in [0.05, 0.1) is 0 Å². The van der Waals surface area contributed by atoms with Gasteiger partial charge in [-0.1, -0.05) is 0 Å². The smallest absolute Gasteiger partial charge is 0.151 e. The first-order chi connectivity index (χ1) is 7.26. The minimum absolute atomic E-state index is 0.470. The number of hydrogen-bond acceptors (Lipinski definition) is 2. The molecule has 1 aromatic heterocycles. The lowest BCUT2D eigenvalue weighted by molar-refractivity contribution is 0.235. The normalized spacial score (nSPS) is 12.1. The minimum Gasteiger partial charge on any atom is -0.361 e. The largest absolute Gasteiger partial charge is 0.361 e. The highest BCUT2D eigenvalue weighted by Crippen LogP contribution is 2.18. The number of hydrogen-bond donors (Lipinski definition) is 3. The standard InChI is InChI=1S/C11H13N3O/c1-7-6-13-10-4-3-8(5-9(7)10)11(12-2)14-15/h3-6,13,15H,1-2H3,(H,12,14). The van der Waals surface area contributed by atoms with E-state index in [-0.39, 0.29) is 0 Å². The van der Waals surface area contributed by atoms with Gasteiger partial charge in [0.1, 0.15) is 0 Å². The van der Waals surface area contributed by atoms with E-state index in [0.29, 0.717) is 5.84 Å². The molecule has 0 amide bonds. The zero-order valence-electron chi connectivity index (χ0n) is 8.70. The lowest BCUT2D eigenvalue weighted by Gasteiger charge is -2.03. The lowest BCUT2D eigenvalue weighted by Crippen LogP contribution is -2.19. The van der Waals surface area contributed by atoms with Crippen molar-refractivity contribution in [1.29, 1.82) is 0 Å². The Kier molecular flexibility index (Phi) is 2.43. The predicted octanol–water partition coefficient (Wildman–Crippen LogP) is 1.83. The van der Waals surface area contributed by atoms with E-state index in [4.69, 9.17) is 5.21 Å². The average molecular weight is 203 g/mol. The Hall–Kier alpha value is -1.81. The van der Waals surface area contributed by atoms with Crippen LogP contribution in [0.3, 0.4) is 0 Å². The second kappa shape index (κ2) is 3.74. The Morgan fingerprint density at radius 2 is 2.27 bits per heavy atom. The summed E-state index contributed by atoms with van der Waals surface area (Å²) in [7, 11) is 1.63. The van der Waals surface area contributed by atoms with Crippen LogP contribution >= 0.6 is 0 Å². The van der Waals surface area contributed by atoms with E-state index in [1.54, 1.807) is 7.05 Å². The van der Waals surface area contributed by atoms with Crippen LogP contribution in [-0.2, 0) is 0 Å². The summed E-state index contributed by atoms with van der Waals surface area (Å²) in [5.74, 6) is 0.470. The summed E-state index contributed by atoms with van der Waals surface area (Å²) in [6.45, 7) is 2.04. The van der Waals surface area contributed by atoms with Crippen LogP contribution in [0.4, 0.5) is 0 Å². The summed E-state index contributed by atoms with van der Waals surface area (Å²) in [6, 6.07) is 5.87. The maximum atomic E-state index is 8.88. The van der Waals surface area contributed by atoms with Crippen LogP contribution in [0.25, 0.3) is 10.9 Å². The van der Waals surface area contributed by atoms with Crippen molar-refractivity contribution >= 4 is 16.7 Å². The van der Waals surface area contributed by atoms with Crippen LogP contribution in [0.5, 0.6) is 0 Å². The average Bonchev–Trinajstić information content (AvgIpc) is 2.62. The van der Waals surface area contributed by atoms with Gasteiger partial charge in [-0.3, -0.25) is 15.7 Å². The number of nitrogens with zero attached hydrogens (tertiary/aromatic N) is 1. The van der Waals surface area contributed by atoms with Crippen molar-refractivity contribution in [2.45, 2.75) is 6.92 Å². The molecule has 0 aliphatic rings. The highest BCUT2D eigenvalue weighted by molar-refractivity contribution is 6.01. The summed E-state index contributed by atoms with van der Waals surface area (Å²) in [5, 5.41) is 10.0. The van der Waals surface area contributed by atoms with E-state index >= 15 is 0 Å². The van der Waals surface area contributed by atoms with Crippen LogP contribution in [0.15, 0.2) is 29.4 Å². The van der Waals surface area contributed by atoms with E-state index in [2.05, 4.69) is 15.5 Å². The molecule has 1 heterocycles. The molecule has 78 valence electrons. The molecule has 0 unspecified atom stereocenters. The number of rotatable bonds is 1. The molecular formula is C11H13N3O. The van der Waals surface area contributed by atoms with Crippen molar-refractivity contribution in [3.8, 4) is 0 Å². The van der Waals surface area contributed by atoms with E-state index in [9.17, 15) is 0 Å². The van der Waals surface area contributed by atoms with Gasteiger partial charge in [0, 0.05) is 29.7 Å². The molecule has 0 radical (unpaired) electrons. The van der Waals surface area contributed by atoms with Crippen molar-refractivity contribution in [3.05, 3.63) is 35.5 Å². The number of H-pyrrole nitrogens is 1. The number of aromatic amines is 1. The monoisotopic (exact) mass is 203 g/mol. The van der Waals surface area contributed by atoms with E-state index in [1.807, 2.05) is 31.3 Å². The fourth-order valence-corrected chi connectivity index (χ4v) is 1.65. The fourth-order valence-electron chi connectivity index (χ4n) is 1.65. The number of fused-ring (bicyclic) bond motifs is 1. The van der Waals surface area contributed by atoms with Gasteiger partial charge in [-0.2, -0.15) is 0 Å². The van der Waals surface area contributed by atoms with E-state index < -0.39 is 0 Å². The molecule has 2 rings (SSSR count). The van der Waals surface area contributed by atoms with Gasteiger partial charge < -0.3 is 4.98 Å². The Morgan fingerprint density at radius 1 is 1.47 bits per heavy atom. The number of aromatic nitrogens is 1. The highest BCUT2D eigenvalue weighted by atomic mass is 16.5. The Labute approximate surface area is 87.6 Å². The quantitative estimate of drug-likeness (QED) is 0.376. The molecule has 0 spiro atoms. The van der Waals surface area contributed by atoms with Gasteiger partial charge >= 0.3 is 0 Å². The van der Waals surface area contributed by atoms with E-state index in [1.165, 1.54) is 5.56 Å². The van der Waals surface area contributed by atoms with Gasteiger partial charge in [-0.25, -0.2) is 0 Å². The van der Waals surface area contributed by atoms with Crippen LogP contribution in [-0.4, -0.2) is 23.1 Å². The molecule has 4 nitrogen and oxygen atoms in total. The third-order valence-corrected chi connectivity index (χ3v) is 2.49. The van der Waals surface area contributed by atoms with Crippen molar-refractivity contribution in [2.75, 3.05) is 7.05 Å². The first-order valence-electron chi connectivity index (χ1n) is 4.71. The third-order valence-electron chi connectivity index (χ3n) is 2.49. The zero-order valence-corrected chi connectivity index (χ0v) is 8.70. The van der Waals surface area contributed by atoms with Crippen molar-refractivity contribution in [2.24, 2.45) is 4.99 Å². The first kappa shape index (κ1) is 9.73. The molecule has 2 aromatic rings. The predicted molar refractivity (Wildman–Crippen MR) is 60.4 cm³/mol. The van der Waals surface area contributed by atoms with Crippen molar-refractivity contribution in [1.82, 2.24) is 10.5 Å². The third kappa shape index (κ3) is 1.59. The summed E-state index contributed by atoms with van der Waals surface area (Å²) < 4.78 is 0. The molecule has 15 heavy (non-hydrogen) atoms. The van der Waals surface area contributed by atoms with Gasteiger partial charge in [0.15, 0.2) is 5.84 Å². The molecule has 0 saturated heterocycles. The van der Waals surface area contributed by atoms with Crippen molar-refractivity contribution < 1.29 is 5.21 Å². The van der Waals surface area contributed by atoms with Crippen LogP contribution < -0.4 is 5.48 Å². The molecule has 4 heteroatoms. The Balaban J connectivity index is 2.59. The van der Waals surface area contributed by atoms with Crippen LogP contribution in [0.2, 0.25) is 0 Å². The second-order valence-corrected chi connectivity index (χ2v) is 3.42. The van der Waals surface area contributed by atoms with Gasteiger partial charge in [0.2, 0.25) is 0 Å².